The van der Waals surface area contributed by atoms with Crippen molar-refractivity contribution in [1.29, 1.82) is 0 Å². The lowest BCUT2D eigenvalue weighted by Gasteiger charge is -2.18. The third-order valence-electron chi connectivity index (χ3n) is 9.93. The van der Waals surface area contributed by atoms with Crippen molar-refractivity contribution in [2.24, 2.45) is 0 Å². The van der Waals surface area contributed by atoms with Crippen LogP contribution in [0.2, 0.25) is 0 Å². The summed E-state index contributed by atoms with van der Waals surface area (Å²) < 4.78 is 16.7. The second-order valence-corrected chi connectivity index (χ2v) is 16.0. The Bertz CT molecular complexity index is 1490. The Balaban J connectivity index is 4.59. The molecule has 0 N–H and O–H groups in total. The van der Waals surface area contributed by atoms with Crippen molar-refractivity contribution in [2.75, 3.05) is 13.2 Å². The molecule has 6 heteroatoms. The molecule has 0 aromatic heterocycles. The first-order chi connectivity index (χ1) is 32.0. The van der Waals surface area contributed by atoms with Crippen LogP contribution in [0.3, 0.4) is 0 Å². The molecule has 0 saturated heterocycles. The highest BCUT2D eigenvalue weighted by molar-refractivity contribution is 5.71. The van der Waals surface area contributed by atoms with E-state index in [-0.39, 0.29) is 44.0 Å². The van der Waals surface area contributed by atoms with Crippen LogP contribution in [-0.2, 0) is 28.6 Å². The highest BCUT2D eigenvalue weighted by Gasteiger charge is 2.19. The molecule has 6 nitrogen and oxygen atoms in total. The van der Waals surface area contributed by atoms with E-state index in [0.717, 1.165) is 128 Å². The van der Waals surface area contributed by atoms with E-state index in [2.05, 4.69) is 130 Å². The summed E-state index contributed by atoms with van der Waals surface area (Å²) in [6, 6.07) is 0. The highest BCUT2D eigenvalue weighted by atomic mass is 16.6. The Hall–Kier alpha value is -4.71. The van der Waals surface area contributed by atoms with Gasteiger partial charge in [-0.05, 0) is 103 Å². The van der Waals surface area contributed by atoms with Crippen LogP contribution in [0.25, 0.3) is 0 Å². The van der Waals surface area contributed by atoms with E-state index in [9.17, 15) is 14.4 Å². The molecule has 0 spiro atoms. The molecule has 0 aromatic carbocycles. The van der Waals surface area contributed by atoms with Crippen LogP contribution in [0, 0.1) is 0 Å². The standard InChI is InChI=1S/C59H90O6/c1-4-7-10-13-16-19-22-25-28-31-34-37-40-43-46-49-52-58(61)64-55-56(54-63-57(60)51-48-45-42-39-36-33-30-27-24-21-18-15-12-9-6-3)65-59(62)53-50-47-44-41-38-35-32-29-26-23-20-17-14-11-8-5-2/h7-12,15-21,24-30,34,37,43,46,56H,4-6,13-14,22-23,31-33,35-36,38-42,44-45,47-55H2,1-3H3/b10-7-,11-8-,12-9-,18-15-,19-16-,20-17-,24-21-,28-25-,29-26-,30-27-,37-34-,46-43-. The third-order valence-corrected chi connectivity index (χ3v) is 9.93. The minimum atomic E-state index is -0.831. The van der Waals surface area contributed by atoms with Gasteiger partial charge < -0.3 is 14.2 Å². The zero-order valence-corrected chi connectivity index (χ0v) is 41.2. The maximum atomic E-state index is 12.8. The first kappa shape index (κ1) is 60.3. The van der Waals surface area contributed by atoms with Crippen LogP contribution in [-0.4, -0.2) is 37.2 Å². The lowest BCUT2D eigenvalue weighted by atomic mass is 10.1. The molecule has 0 rings (SSSR count). The third kappa shape index (κ3) is 50.2. The zero-order chi connectivity index (χ0) is 47.2. The predicted molar refractivity (Wildman–Crippen MR) is 279 cm³/mol. The van der Waals surface area contributed by atoms with Gasteiger partial charge in [-0.25, -0.2) is 0 Å². The maximum Gasteiger partial charge on any atom is 0.306 e. The summed E-state index contributed by atoms with van der Waals surface area (Å²) in [4.78, 5) is 38.0. The van der Waals surface area contributed by atoms with Gasteiger partial charge in [0, 0.05) is 19.3 Å². The van der Waals surface area contributed by atoms with Gasteiger partial charge in [0.15, 0.2) is 6.10 Å². The first-order valence-electron chi connectivity index (χ1n) is 25.4. The molecule has 362 valence electrons. The maximum absolute atomic E-state index is 12.8. The Kier molecular flexibility index (Phi) is 48.2. The highest BCUT2D eigenvalue weighted by Crippen LogP contribution is 2.12. The number of carbonyl (C=O) groups excluding carboxylic acids is 3. The van der Waals surface area contributed by atoms with Crippen LogP contribution in [0.5, 0.6) is 0 Å². The van der Waals surface area contributed by atoms with E-state index in [4.69, 9.17) is 14.2 Å². The van der Waals surface area contributed by atoms with Gasteiger partial charge in [0.1, 0.15) is 13.2 Å². The molecule has 0 aliphatic rings. The molecule has 1 atom stereocenters. The molecule has 0 radical (unpaired) electrons. The van der Waals surface area contributed by atoms with Crippen LogP contribution in [0.15, 0.2) is 146 Å². The van der Waals surface area contributed by atoms with Gasteiger partial charge in [0.25, 0.3) is 0 Å². The summed E-state index contributed by atoms with van der Waals surface area (Å²) >= 11 is 0. The monoisotopic (exact) mass is 895 g/mol. The number of hydrogen-bond acceptors (Lipinski definition) is 6. The van der Waals surface area contributed by atoms with Crippen molar-refractivity contribution in [3.05, 3.63) is 146 Å². The SMILES string of the molecule is CC\C=C/C=C\C=C/C=C\CCCCCCCC(=O)OCC(COC(=O)CC/C=C\C/C=C\C/C=C\C/C=C\C/C=C\CC)OC(=O)CCCCCCCC/C=C\C/C=C\C/C=C\CC. The van der Waals surface area contributed by atoms with Crippen LogP contribution in [0.1, 0.15) is 188 Å². The molecular formula is C59H90O6. The van der Waals surface area contributed by atoms with Gasteiger partial charge in [0.05, 0.1) is 0 Å². The summed E-state index contributed by atoms with van der Waals surface area (Å²) in [6.07, 6.45) is 74.1. The average molecular weight is 895 g/mol. The van der Waals surface area contributed by atoms with Gasteiger partial charge in [-0.1, -0.05) is 212 Å². The zero-order valence-electron chi connectivity index (χ0n) is 41.2. The topological polar surface area (TPSA) is 78.9 Å². The summed E-state index contributed by atoms with van der Waals surface area (Å²) in [5.41, 5.74) is 0. The van der Waals surface area contributed by atoms with E-state index >= 15 is 0 Å². The second kappa shape index (κ2) is 51.9. The van der Waals surface area contributed by atoms with Crippen molar-refractivity contribution >= 4 is 17.9 Å². The molecule has 0 amide bonds. The molecule has 1 unspecified atom stereocenters. The summed E-state index contributed by atoms with van der Waals surface area (Å²) in [5, 5.41) is 0. The smallest absolute Gasteiger partial charge is 0.306 e. The van der Waals surface area contributed by atoms with Crippen molar-refractivity contribution in [3.8, 4) is 0 Å². The van der Waals surface area contributed by atoms with E-state index in [0.29, 0.717) is 12.8 Å². The quantitative estimate of drug-likeness (QED) is 0.0199. The number of ether oxygens (including phenoxy) is 3. The van der Waals surface area contributed by atoms with Crippen LogP contribution >= 0.6 is 0 Å². The van der Waals surface area contributed by atoms with Crippen LogP contribution in [0.4, 0.5) is 0 Å². The molecule has 0 aromatic rings. The number of hydrogen-bond donors (Lipinski definition) is 0. The van der Waals surface area contributed by atoms with Gasteiger partial charge in [-0.2, -0.15) is 0 Å². The van der Waals surface area contributed by atoms with Crippen molar-refractivity contribution in [3.63, 3.8) is 0 Å². The molecule has 0 bridgehead atoms. The van der Waals surface area contributed by atoms with Gasteiger partial charge >= 0.3 is 17.9 Å². The summed E-state index contributed by atoms with van der Waals surface area (Å²) in [5.74, 6) is -1.06. The van der Waals surface area contributed by atoms with E-state index < -0.39 is 6.10 Å². The van der Waals surface area contributed by atoms with E-state index in [1.807, 2.05) is 36.5 Å². The minimum Gasteiger partial charge on any atom is -0.462 e. The van der Waals surface area contributed by atoms with E-state index in [1.165, 1.54) is 12.8 Å². The molecule has 0 fully saturated rings. The predicted octanol–water partition coefficient (Wildman–Crippen LogP) is 16.9. The number of allylic oxidation sites excluding steroid dienone is 24. The summed E-state index contributed by atoms with van der Waals surface area (Å²) in [7, 11) is 0. The number of unbranched alkanes of at least 4 members (excludes halogenated alkanes) is 11. The Morgan fingerprint density at radius 2 is 0.662 bits per heavy atom. The minimum absolute atomic E-state index is 0.125. The fourth-order valence-electron chi connectivity index (χ4n) is 6.22. The fraction of sp³-hybridized carbons (Fsp3) is 0.542. The lowest BCUT2D eigenvalue weighted by Crippen LogP contribution is -2.30. The second-order valence-electron chi connectivity index (χ2n) is 16.0. The Morgan fingerprint density at radius 1 is 0.323 bits per heavy atom. The molecular weight excluding hydrogens is 805 g/mol. The van der Waals surface area contributed by atoms with Crippen molar-refractivity contribution in [1.82, 2.24) is 0 Å². The Morgan fingerprint density at radius 3 is 1.14 bits per heavy atom. The van der Waals surface area contributed by atoms with Gasteiger partial charge in [-0.15, -0.1) is 0 Å². The van der Waals surface area contributed by atoms with E-state index in [1.54, 1.807) is 0 Å². The molecule has 0 heterocycles. The molecule has 0 aliphatic carbocycles. The lowest BCUT2D eigenvalue weighted by molar-refractivity contribution is -0.166. The number of esters is 3. The Labute approximate surface area is 397 Å². The summed E-state index contributed by atoms with van der Waals surface area (Å²) in [6.45, 7) is 6.15. The normalized spacial score (nSPS) is 13.3. The van der Waals surface area contributed by atoms with Crippen LogP contribution < -0.4 is 0 Å². The first-order valence-corrected chi connectivity index (χ1v) is 25.4. The molecule has 0 aliphatic heterocycles. The van der Waals surface area contributed by atoms with Gasteiger partial charge in [0.2, 0.25) is 0 Å². The average Bonchev–Trinajstić information content (AvgIpc) is 3.30. The largest absolute Gasteiger partial charge is 0.462 e. The van der Waals surface area contributed by atoms with Crippen molar-refractivity contribution < 1.29 is 28.6 Å². The van der Waals surface area contributed by atoms with Crippen molar-refractivity contribution in [2.45, 2.75) is 194 Å². The fourth-order valence-corrected chi connectivity index (χ4v) is 6.22. The number of rotatable bonds is 43. The van der Waals surface area contributed by atoms with Gasteiger partial charge in [-0.3, -0.25) is 14.4 Å². The number of carbonyl (C=O) groups is 3. The molecule has 0 saturated carbocycles. The molecule has 65 heavy (non-hydrogen) atoms.